The lowest BCUT2D eigenvalue weighted by atomic mass is 9.97. The van der Waals surface area contributed by atoms with Gasteiger partial charge in [-0.1, -0.05) is 0 Å². The summed E-state index contributed by atoms with van der Waals surface area (Å²) < 4.78 is 25.8. The molecule has 0 aliphatic carbocycles. The Kier molecular flexibility index (Phi) is 2.04. The first kappa shape index (κ1) is 8.38. The van der Waals surface area contributed by atoms with Gasteiger partial charge in [0.15, 0.2) is 0 Å². The molecule has 2 saturated heterocycles. The normalized spacial score (nSPS) is 36.0. The van der Waals surface area contributed by atoms with Crippen molar-refractivity contribution in [3.05, 3.63) is 0 Å². The van der Waals surface area contributed by atoms with Crippen molar-refractivity contribution in [2.45, 2.75) is 24.8 Å². The van der Waals surface area contributed by atoms with Crippen LogP contribution in [-0.2, 0) is 0 Å². The summed E-state index contributed by atoms with van der Waals surface area (Å²) >= 11 is 0. The van der Waals surface area contributed by atoms with Crippen LogP contribution < -0.4 is 5.32 Å². The lowest BCUT2D eigenvalue weighted by molar-refractivity contribution is -0.0822. The summed E-state index contributed by atoms with van der Waals surface area (Å²) in [5.74, 6) is -2.42. The van der Waals surface area contributed by atoms with E-state index in [4.69, 9.17) is 0 Å². The zero-order chi connectivity index (χ0) is 8.60. The van der Waals surface area contributed by atoms with Gasteiger partial charge in [-0.2, -0.15) is 0 Å². The van der Waals surface area contributed by atoms with Crippen LogP contribution in [0.3, 0.4) is 0 Å². The number of hydrogen-bond donors (Lipinski definition) is 1. The molecule has 1 unspecified atom stereocenters. The molecule has 0 saturated carbocycles. The zero-order valence-electron chi connectivity index (χ0n) is 7.02. The van der Waals surface area contributed by atoms with Crippen molar-refractivity contribution in [3.63, 3.8) is 0 Å². The van der Waals surface area contributed by atoms with Crippen LogP contribution in [-0.4, -0.2) is 43.0 Å². The quantitative estimate of drug-likeness (QED) is 0.584. The van der Waals surface area contributed by atoms with E-state index < -0.39 is 5.92 Å². The maximum atomic E-state index is 12.9. The molecule has 12 heavy (non-hydrogen) atoms. The Balaban J connectivity index is 1.99. The average molecular weight is 176 g/mol. The summed E-state index contributed by atoms with van der Waals surface area (Å²) in [5, 5.41) is 3.15. The Bertz CT molecular complexity index is 172. The summed E-state index contributed by atoms with van der Waals surface area (Å²) in [5.41, 5.74) is 0. The predicted octanol–water partition coefficient (Wildman–Crippen LogP) is 0.689. The van der Waals surface area contributed by atoms with Gasteiger partial charge in [-0.25, -0.2) is 8.78 Å². The molecule has 2 aliphatic rings. The van der Waals surface area contributed by atoms with Crippen LogP contribution >= 0.6 is 0 Å². The average Bonchev–Trinajstić information content (AvgIpc) is 2.02. The highest BCUT2D eigenvalue weighted by Gasteiger charge is 2.40. The Morgan fingerprint density at radius 2 is 2.17 bits per heavy atom. The van der Waals surface area contributed by atoms with E-state index in [0.717, 1.165) is 19.6 Å². The van der Waals surface area contributed by atoms with Gasteiger partial charge in [0.1, 0.15) is 0 Å². The maximum Gasteiger partial charge on any atom is 0.250 e. The first-order valence-corrected chi connectivity index (χ1v) is 4.50. The number of piperazine rings is 1. The molecule has 0 aromatic carbocycles. The molecule has 0 bridgehead atoms. The molecular weight excluding hydrogens is 162 g/mol. The number of halogens is 2. The Morgan fingerprint density at radius 3 is 3.00 bits per heavy atom. The van der Waals surface area contributed by atoms with E-state index in [-0.39, 0.29) is 18.9 Å². The minimum absolute atomic E-state index is 0.0417. The fourth-order valence-corrected chi connectivity index (χ4v) is 2.05. The van der Waals surface area contributed by atoms with Gasteiger partial charge in [0.2, 0.25) is 0 Å². The molecule has 1 atom stereocenters. The molecule has 2 fully saturated rings. The van der Waals surface area contributed by atoms with Crippen molar-refractivity contribution >= 4 is 0 Å². The summed E-state index contributed by atoms with van der Waals surface area (Å²) in [7, 11) is 0. The van der Waals surface area contributed by atoms with Crippen molar-refractivity contribution in [1.29, 1.82) is 0 Å². The van der Waals surface area contributed by atoms with E-state index in [1.165, 1.54) is 0 Å². The van der Waals surface area contributed by atoms with Crippen molar-refractivity contribution < 1.29 is 8.78 Å². The minimum Gasteiger partial charge on any atom is -0.314 e. The SMILES string of the molecule is FC1(F)CCN2CCNCC2C1. The fraction of sp³-hybridized carbons (Fsp3) is 1.00. The number of piperidine rings is 1. The second-order valence-corrected chi connectivity index (χ2v) is 3.70. The molecule has 4 heteroatoms. The van der Waals surface area contributed by atoms with Crippen LogP contribution in [0.15, 0.2) is 0 Å². The molecule has 70 valence electrons. The van der Waals surface area contributed by atoms with Crippen LogP contribution in [0.2, 0.25) is 0 Å². The number of nitrogens with one attached hydrogen (secondary N) is 1. The first-order chi connectivity index (χ1) is 5.67. The zero-order valence-corrected chi connectivity index (χ0v) is 7.02. The minimum atomic E-state index is -2.42. The van der Waals surface area contributed by atoms with Gasteiger partial charge in [0.25, 0.3) is 5.92 Å². The van der Waals surface area contributed by atoms with Gasteiger partial charge in [0, 0.05) is 45.1 Å². The van der Waals surface area contributed by atoms with E-state index in [9.17, 15) is 8.78 Å². The van der Waals surface area contributed by atoms with Crippen LogP contribution in [0.5, 0.6) is 0 Å². The van der Waals surface area contributed by atoms with Crippen molar-refractivity contribution in [2.24, 2.45) is 0 Å². The molecule has 2 aliphatic heterocycles. The lowest BCUT2D eigenvalue weighted by Crippen LogP contribution is -2.56. The van der Waals surface area contributed by atoms with E-state index in [2.05, 4.69) is 10.2 Å². The predicted molar refractivity (Wildman–Crippen MR) is 42.4 cm³/mol. The highest BCUT2D eigenvalue weighted by atomic mass is 19.3. The maximum absolute atomic E-state index is 12.9. The van der Waals surface area contributed by atoms with Gasteiger partial charge in [-0.05, 0) is 0 Å². The molecule has 0 amide bonds. The second-order valence-electron chi connectivity index (χ2n) is 3.70. The third-order valence-corrected chi connectivity index (χ3v) is 2.77. The Labute approximate surface area is 70.9 Å². The number of hydrogen-bond acceptors (Lipinski definition) is 2. The third kappa shape index (κ3) is 1.59. The van der Waals surface area contributed by atoms with Crippen molar-refractivity contribution in [2.75, 3.05) is 26.2 Å². The van der Waals surface area contributed by atoms with Crippen LogP contribution in [0.4, 0.5) is 8.78 Å². The van der Waals surface area contributed by atoms with E-state index in [1.54, 1.807) is 0 Å². The summed E-state index contributed by atoms with van der Waals surface area (Å²) in [4.78, 5) is 2.17. The topological polar surface area (TPSA) is 15.3 Å². The van der Waals surface area contributed by atoms with Gasteiger partial charge in [-0.3, -0.25) is 4.90 Å². The Morgan fingerprint density at radius 1 is 1.33 bits per heavy atom. The molecular formula is C8H14F2N2. The van der Waals surface area contributed by atoms with Crippen LogP contribution in [0, 0.1) is 0 Å². The summed E-state index contributed by atoms with van der Waals surface area (Å²) in [6.45, 7) is 3.18. The first-order valence-electron chi connectivity index (χ1n) is 4.50. The number of alkyl halides is 2. The lowest BCUT2D eigenvalue weighted by Gasteiger charge is -2.42. The highest BCUT2D eigenvalue weighted by molar-refractivity contribution is 4.89. The smallest absolute Gasteiger partial charge is 0.250 e. The largest absolute Gasteiger partial charge is 0.314 e. The van der Waals surface area contributed by atoms with E-state index in [0.29, 0.717) is 6.54 Å². The van der Waals surface area contributed by atoms with E-state index >= 15 is 0 Å². The molecule has 0 aromatic rings. The molecule has 2 heterocycles. The molecule has 1 N–H and O–H groups in total. The molecule has 2 nitrogen and oxygen atoms in total. The van der Waals surface area contributed by atoms with Gasteiger partial charge >= 0.3 is 0 Å². The number of nitrogens with zero attached hydrogens (tertiary/aromatic N) is 1. The number of fused-ring (bicyclic) bond motifs is 1. The standard InChI is InChI=1S/C8H14F2N2/c9-8(10)1-3-12-4-2-11-6-7(12)5-8/h7,11H,1-6H2. The second kappa shape index (κ2) is 2.92. The van der Waals surface area contributed by atoms with Gasteiger partial charge in [0.05, 0.1) is 0 Å². The van der Waals surface area contributed by atoms with Crippen molar-refractivity contribution in [1.82, 2.24) is 10.2 Å². The molecule has 0 radical (unpaired) electrons. The van der Waals surface area contributed by atoms with Crippen molar-refractivity contribution in [3.8, 4) is 0 Å². The Hall–Kier alpha value is -0.220. The molecule has 0 spiro atoms. The number of rotatable bonds is 0. The summed E-state index contributed by atoms with van der Waals surface area (Å²) in [6.07, 6.45) is 0.0868. The highest BCUT2D eigenvalue weighted by Crippen LogP contribution is 2.31. The third-order valence-electron chi connectivity index (χ3n) is 2.77. The monoisotopic (exact) mass is 176 g/mol. The summed E-state index contributed by atoms with van der Waals surface area (Å²) in [6, 6.07) is 0.0718. The molecule has 0 aromatic heterocycles. The van der Waals surface area contributed by atoms with E-state index in [1.807, 2.05) is 0 Å². The van der Waals surface area contributed by atoms with Crippen LogP contribution in [0.1, 0.15) is 12.8 Å². The fourth-order valence-electron chi connectivity index (χ4n) is 2.05. The molecule has 2 rings (SSSR count). The van der Waals surface area contributed by atoms with Gasteiger partial charge in [-0.15, -0.1) is 0 Å². The van der Waals surface area contributed by atoms with Crippen LogP contribution in [0.25, 0.3) is 0 Å². The van der Waals surface area contributed by atoms with Gasteiger partial charge < -0.3 is 5.32 Å².